The van der Waals surface area contributed by atoms with E-state index in [4.69, 9.17) is 15.2 Å². The molecule has 0 aliphatic rings. The molecule has 1 rings (SSSR count). The zero-order valence-corrected chi connectivity index (χ0v) is 8.53. The number of benzene rings is 1. The van der Waals surface area contributed by atoms with Crippen LogP contribution in [0.1, 0.15) is 12.0 Å². The van der Waals surface area contributed by atoms with Crippen molar-refractivity contribution in [3.63, 3.8) is 0 Å². The van der Waals surface area contributed by atoms with Gasteiger partial charge in [-0.05, 0) is 37.1 Å². The summed E-state index contributed by atoms with van der Waals surface area (Å²) in [6, 6.07) is 8.01. The van der Waals surface area contributed by atoms with Crippen molar-refractivity contribution in [3.8, 4) is 5.75 Å². The molecular formula is C11H17NO2. The van der Waals surface area contributed by atoms with Gasteiger partial charge in [-0.3, -0.25) is 0 Å². The first kappa shape index (κ1) is 11.0. The van der Waals surface area contributed by atoms with E-state index in [2.05, 4.69) is 12.1 Å². The molecule has 0 saturated heterocycles. The minimum Gasteiger partial charge on any atom is -0.468 e. The summed E-state index contributed by atoms with van der Waals surface area (Å²) in [5.74, 6) is 0.836. The van der Waals surface area contributed by atoms with E-state index in [0.29, 0.717) is 6.79 Å². The van der Waals surface area contributed by atoms with E-state index in [0.717, 1.165) is 25.1 Å². The van der Waals surface area contributed by atoms with Crippen LogP contribution in [0.15, 0.2) is 24.3 Å². The average molecular weight is 195 g/mol. The quantitative estimate of drug-likeness (QED) is 0.701. The van der Waals surface area contributed by atoms with Crippen LogP contribution in [0.2, 0.25) is 0 Å². The summed E-state index contributed by atoms with van der Waals surface area (Å²) in [4.78, 5) is 0. The number of methoxy groups -OCH3 is 1. The van der Waals surface area contributed by atoms with Crippen LogP contribution in [-0.4, -0.2) is 20.4 Å². The molecular weight excluding hydrogens is 178 g/mol. The van der Waals surface area contributed by atoms with Crippen LogP contribution in [0, 0.1) is 0 Å². The number of ether oxygens (including phenoxy) is 2. The van der Waals surface area contributed by atoms with E-state index >= 15 is 0 Å². The lowest BCUT2D eigenvalue weighted by Gasteiger charge is -2.05. The molecule has 3 nitrogen and oxygen atoms in total. The number of hydrogen-bond donors (Lipinski definition) is 1. The molecule has 0 aromatic heterocycles. The van der Waals surface area contributed by atoms with Gasteiger partial charge in [0.25, 0.3) is 0 Å². The summed E-state index contributed by atoms with van der Waals surface area (Å²) in [5, 5.41) is 0. The summed E-state index contributed by atoms with van der Waals surface area (Å²) in [6.07, 6.45) is 2.05. The van der Waals surface area contributed by atoms with Crippen LogP contribution in [0.5, 0.6) is 5.75 Å². The van der Waals surface area contributed by atoms with Gasteiger partial charge in [-0.1, -0.05) is 12.1 Å². The van der Waals surface area contributed by atoms with Gasteiger partial charge in [0, 0.05) is 7.11 Å². The molecule has 0 fully saturated rings. The number of nitrogens with two attached hydrogens (primary N) is 1. The van der Waals surface area contributed by atoms with Gasteiger partial charge in [0.05, 0.1) is 0 Å². The second-order valence-corrected chi connectivity index (χ2v) is 3.09. The Labute approximate surface area is 84.8 Å². The Balaban J connectivity index is 2.42. The fourth-order valence-corrected chi connectivity index (χ4v) is 1.19. The van der Waals surface area contributed by atoms with E-state index in [1.807, 2.05) is 12.1 Å². The highest BCUT2D eigenvalue weighted by atomic mass is 16.7. The average Bonchev–Trinajstić information content (AvgIpc) is 2.25. The van der Waals surface area contributed by atoms with Gasteiger partial charge in [-0.15, -0.1) is 0 Å². The topological polar surface area (TPSA) is 44.5 Å². The van der Waals surface area contributed by atoms with E-state index in [1.165, 1.54) is 5.56 Å². The molecule has 0 saturated carbocycles. The zero-order valence-electron chi connectivity index (χ0n) is 8.53. The van der Waals surface area contributed by atoms with Crippen molar-refractivity contribution in [2.24, 2.45) is 5.73 Å². The van der Waals surface area contributed by atoms with Crippen molar-refractivity contribution in [1.82, 2.24) is 0 Å². The Kier molecular flexibility index (Phi) is 5.04. The van der Waals surface area contributed by atoms with Gasteiger partial charge in [0.15, 0.2) is 6.79 Å². The predicted molar refractivity (Wildman–Crippen MR) is 56.3 cm³/mol. The number of hydrogen-bond acceptors (Lipinski definition) is 3. The third-order valence-corrected chi connectivity index (χ3v) is 1.94. The van der Waals surface area contributed by atoms with Gasteiger partial charge < -0.3 is 15.2 Å². The maximum atomic E-state index is 5.43. The van der Waals surface area contributed by atoms with Crippen LogP contribution >= 0.6 is 0 Å². The molecule has 0 bridgehead atoms. The van der Waals surface area contributed by atoms with E-state index < -0.39 is 0 Å². The largest absolute Gasteiger partial charge is 0.468 e. The maximum absolute atomic E-state index is 5.43. The van der Waals surface area contributed by atoms with Crippen LogP contribution in [0.3, 0.4) is 0 Å². The third-order valence-electron chi connectivity index (χ3n) is 1.94. The molecule has 78 valence electrons. The highest BCUT2D eigenvalue weighted by Gasteiger charge is 1.94. The maximum Gasteiger partial charge on any atom is 0.188 e. The molecule has 0 aliphatic heterocycles. The lowest BCUT2D eigenvalue weighted by atomic mass is 10.1. The fourth-order valence-electron chi connectivity index (χ4n) is 1.19. The predicted octanol–water partition coefficient (Wildman–Crippen LogP) is 1.56. The monoisotopic (exact) mass is 195 g/mol. The highest BCUT2D eigenvalue weighted by Crippen LogP contribution is 2.12. The molecule has 14 heavy (non-hydrogen) atoms. The van der Waals surface area contributed by atoms with Gasteiger partial charge in [-0.25, -0.2) is 0 Å². The molecule has 0 radical (unpaired) electrons. The minimum atomic E-state index is 0.294. The van der Waals surface area contributed by atoms with Crippen molar-refractivity contribution in [2.45, 2.75) is 12.8 Å². The van der Waals surface area contributed by atoms with Crippen LogP contribution < -0.4 is 10.5 Å². The van der Waals surface area contributed by atoms with Gasteiger partial charge in [0.1, 0.15) is 5.75 Å². The van der Waals surface area contributed by atoms with Gasteiger partial charge >= 0.3 is 0 Å². The van der Waals surface area contributed by atoms with Gasteiger partial charge in [-0.2, -0.15) is 0 Å². The smallest absolute Gasteiger partial charge is 0.188 e. The highest BCUT2D eigenvalue weighted by molar-refractivity contribution is 5.27. The molecule has 1 aromatic carbocycles. The molecule has 0 unspecified atom stereocenters. The Bertz CT molecular complexity index is 219. The zero-order chi connectivity index (χ0) is 10.2. The van der Waals surface area contributed by atoms with Crippen LogP contribution in [0.4, 0.5) is 0 Å². The Morgan fingerprint density at radius 2 is 1.93 bits per heavy atom. The van der Waals surface area contributed by atoms with E-state index in [1.54, 1.807) is 7.11 Å². The molecule has 0 amide bonds. The molecule has 2 N–H and O–H groups in total. The normalized spacial score (nSPS) is 10.1. The summed E-state index contributed by atoms with van der Waals surface area (Å²) < 4.78 is 10.1. The van der Waals surface area contributed by atoms with E-state index in [-0.39, 0.29) is 0 Å². The standard InChI is InChI=1S/C11H17NO2/c1-13-9-14-11-6-4-10(5-7-11)3-2-8-12/h4-7H,2-3,8-9,12H2,1H3. The third kappa shape index (κ3) is 3.77. The molecule has 1 aromatic rings. The Morgan fingerprint density at radius 3 is 2.50 bits per heavy atom. The summed E-state index contributed by atoms with van der Waals surface area (Å²) >= 11 is 0. The summed E-state index contributed by atoms with van der Waals surface area (Å²) in [7, 11) is 1.61. The fraction of sp³-hybridized carbons (Fsp3) is 0.455. The summed E-state index contributed by atoms with van der Waals surface area (Å²) in [5.41, 5.74) is 6.72. The molecule has 0 atom stereocenters. The van der Waals surface area contributed by atoms with Crippen LogP contribution in [0.25, 0.3) is 0 Å². The van der Waals surface area contributed by atoms with Crippen molar-refractivity contribution in [1.29, 1.82) is 0 Å². The van der Waals surface area contributed by atoms with Crippen LogP contribution in [-0.2, 0) is 11.2 Å². The molecule has 0 spiro atoms. The van der Waals surface area contributed by atoms with E-state index in [9.17, 15) is 0 Å². The first-order chi connectivity index (χ1) is 6.86. The molecule has 0 aliphatic carbocycles. The lowest BCUT2D eigenvalue weighted by molar-refractivity contribution is 0.0511. The van der Waals surface area contributed by atoms with Crippen molar-refractivity contribution in [3.05, 3.63) is 29.8 Å². The second-order valence-electron chi connectivity index (χ2n) is 3.09. The Hall–Kier alpha value is -1.06. The summed E-state index contributed by atoms with van der Waals surface area (Å²) in [6.45, 7) is 1.03. The first-order valence-corrected chi connectivity index (χ1v) is 4.77. The molecule has 0 heterocycles. The number of rotatable bonds is 6. The van der Waals surface area contributed by atoms with Gasteiger partial charge in [0.2, 0.25) is 0 Å². The van der Waals surface area contributed by atoms with Crippen molar-refractivity contribution >= 4 is 0 Å². The first-order valence-electron chi connectivity index (χ1n) is 4.77. The number of aryl methyl sites for hydroxylation is 1. The van der Waals surface area contributed by atoms with Crippen molar-refractivity contribution < 1.29 is 9.47 Å². The second kappa shape index (κ2) is 6.40. The minimum absolute atomic E-state index is 0.294. The SMILES string of the molecule is COCOc1ccc(CCCN)cc1. The Morgan fingerprint density at radius 1 is 1.21 bits per heavy atom. The molecule has 3 heteroatoms. The lowest BCUT2D eigenvalue weighted by Crippen LogP contribution is -2.01. The van der Waals surface area contributed by atoms with Crippen molar-refractivity contribution in [2.75, 3.05) is 20.4 Å².